The van der Waals surface area contributed by atoms with Gasteiger partial charge >= 0.3 is 23.5 Å². The smallest absolute Gasteiger partial charge is 0.387 e. The number of aliphatic hydroxyl groups is 1. The molecule has 1 aliphatic rings. The van der Waals surface area contributed by atoms with Gasteiger partial charge in [0.2, 0.25) is 0 Å². The number of aromatic nitrogens is 4. The van der Waals surface area contributed by atoms with Crippen LogP contribution >= 0.6 is 23.5 Å². The molecule has 17 nitrogen and oxygen atoms in total. The fraction of sp³-hybridized carbons (Fsp3) is 0.583. The Morgan fingerprint density at radius 2 is 1.85 bits per heavy atom. The first-order chi connectivity index (χ1) is 15.1. The minimum absolute atomic E-state index is 0.00196. The van der Waals surface area contributed by atoms with Crippen LogP contribution in [0.3, 0.4) is 0 Å². The summed E-state index contributed by atoms with van der Waals surface area (Å²) in [7, 11) is -16.9. The summed E-state index contributed by atoms with van der Waals surface area (Å²) in [5.41, 5.74) is 3.92. The Labute approximate surface area is 183 Å². The number of rotatable bonds is 9. The number of alkyl halides is 1. The first kappa shape index (κ1) is 26.2. The van der Waals surface area contributed by atoms with E-state index >= 15 is 4.39 Å². The lowest BCUT2D eigenvalue weighted by Crippen LogP contribution is -2.45. The molecule has 2 aromatic heterocycles. The highest BCUT2D eigenvalue weighted by atomic mass is 31.3. The third-order valence-corrected chi connectivity index (χ3v) is 8.40. The maximum absolute atomic E-state index is 15.0. The molecule has 0 radical (unpaired) electrons. The molecule has 2 unspecified atom stereocenters. The zero-order chi connectivity index (χ0) is 24.8. The number of nitrogens with two attached hydrogens (primary N) is 1. The topological polar surface area (TPSA) is 259 Å². The van der Waals surface area contributed by atoms with Crippen molar-refractivity contribution in [2.45, 2.75) is 37.4 Å². The highest BCUT2D eigenvalue weighted by Crippen LogP contribution is 2.66. The molecule has 0 amide bonds. The fourth-order valence-electron chi connectivity index (χ4n) is 3.10. The average molecular weight is 537 g/mol. The number of imidazole rings is 1. The summed E-state index contributed by atoms with van der Waals surface area (Å²) in [6.45, 7) is 0.375. The number of hydrogen-bond donors (Lipinski definition) is 6. The number of hydrogen-bond acceptors (Lipinski definition) is 12. The number of phosphoric acid groups is 3. The lowest BCUT2D eigenvalue weighted by Gasteiger charge is -2.30. The Bertz CT molecular complexity index is 1180. The molecule has 1 saturated heterocycles. The predicted molar refractivity (Wildman–Crippen MR) is 104 cm³/mol. The van der Waals surface area contributed by atoms with Crippen molar-refractivity contribution in [1.82, 2.24) is 19.5 Å². The second-order valence-corrected chi connectivity index (χ2v) is 11.2. The average Bonchev–Trinajstić information content (AvgIpc) is 3.19. The molecule has 0 saturated carbocycles. The van der Waals surface area contributed by atoms with E-state index in [1.807, 2.05) is 0 Å². The maximum atomic E-state index is 15.0. The Morgan fingerprint density at radius 1 is 1.18 bits per heavy atom. The minimum atomic E-state index is -5.76. The third kappa shape index (κ3) is 5.65. The number of nitrogens with zero attached hydrogens (tertiary/aromatic N) is 4. The van der Waals surface area contributed by atoms with E-state index in [0.717, 1.165) is 17.2 Å². The normalized spacial score (nSPS) is 29.7. The highest BCUT2D eigenvalue weighted by molar-refractivity contribution is 7.66. The molecule has 186 valence electrons. The summed E-state index contributed by atoms with van der Waals surface area (Å²) in [4.78, 5) is 47.6. The molecule has 33 heavy (non-hydrogen) atoms. The van der Waals surface area contributed by atoms with Gasteiger partial charge in [0.15, 0.2) is 23.9 Å². The van der Waals surface area contributed by atoms with E-state index in [1.54, 1.807) is 0 Å². The molecular weight excluding hydrogens is 518 g/mol. The van der Waals surface area contributed by atoms with Gasteiger partial charge in [-0.25, -0.2) is 33.0 Å². The number of nitrogen functional groups attached to an aromatic ring is 1. The van der Waals surface area contributed by atoms with E-state index in [-0.39, 0.29) is 23.4 Å². The number of aliphatic hydroxyl groups excluding tert-OH is 1. The molecule has 0 aromatic carbocycles. The van der Waals surface area contributed by atoms with Gasteiger partial charge in [-0.3, -0.25) is 9.09 Å². The second-order valence-electron chi connectivity index (χ2n) is 6.76. The summed E-state index contributed by atoms with van der Waals surface area (Å²) in [6.07, 6.45) is -3.56. The van der Waals surface area contributed by atoms with E-state index in [1.165, 1.54) is 6.92 Å². The van der Waals surface area contributed by atoms with Gasteiger partial charge < -0.3 is 35.2 Å². The summed E-state index contributed by atoms with van der Waals surface area (Å²) in [5.74, 6) is 0.00196. The first-order valence-corrected chi connectivity index (χ1v) is 13.3. The number of fused-ring (bicyclic) bond motifs is 1. The molecule has 3 rings (SSSR count). The lowest BCUT2D eigenvalue weighted by molar-refractivity contribution is -0.126. The SMILES string of the molecule is CC[C@]1(COP(=O)(O)OP(=O)(O)OP(=O)(O)O)O[C@@H](n2cnc3c(N)ncnc32)[C@H](F)[C@@H]1O. The van der Waals surface area contributed by atoms with Gasteiger partial charge in [0, 0.05) is 0 Å². The van der Waals surface area contributed by atoms with Gasteiger partial charge in [-0.05, 0) is 6.42 Å². The summed E-state index contributed by atoms with van der Waals surface area (Å²) in [5, 5.41) is 10.5. The monoisotopic (exact) mass is 537 g/mol. The van der Waals surface area contributed by atoms with Crippen LogP contribution in [0.4, 0.5) is 10.2 Å². The zero-order valence-corrected chi connectivity index (χ0v) is 19.2. The maximum Gasteiger partial charge on any atom is 0.490 e. The van der Waals surface area contributed by atoms with Crippen molar-refractivity contribution < 1.29 is 60.6 Å². The largest absolute Gasteiger partial charge is 0.490 e. The molecule has 7 N–H and O–H groups in total. The van der Waals surface area contributed by atoms with Crippen LogP contribution in [0.15, 0.2) is 12.7 Å². The van der Waals surface area contributed by atoms with Crippen LogP contribution < -0.4 is 5.73 Å². The van der Waals surface area contributed by atoms with Crippen molar-refractivity contribution >= 4 is 40.4 Å². The van der Waals surface area contributed by atoms with Crippen LogP contribution in [-0.2, 0) is 31.6 Å². The van der Waals surface area contributed by atoms with Crippen LogP contribution in [0.25, 0.3) is 11.2 Å². The summed E-state index contributed by atoms with van der Waals surface area (Å²) < 4.78 is 67.7. The van der Waals surface area contributed by atoms with Gasteiger partial charge in [0.1, 0.15) is 23.5 Å². The van der Waals surface area contributed by atoms with Gasteiger partial charge in [0.25, 0.3) is 0 Å². The predicted octanol–water partition coefficient (Wildman–Crippen LogP) is 0.128. The lowest BCUT2D eigenvalue weighted by atomic mass is 9.94. The van der Waals surface area contributed by atoms with Crippen molar-refractivity contribution in [2.24, 2.45) is 0 Å². The van der Waals surface area contributed by atoms with Crippen LogP contribution in [-0.4, -0.2) is 68.7 Å². The van der Waals surface area contributed by atoms with Crippen molar-refractivity contribution in [3.8, 4) is 0 Å². The summed E-state index contributed by atoms with van der Waals surface area (Å²) in [6, 6.07) is 0. The number of ether oxygens (including phenoxy) is 1. The molecule has 21 heteroatoms. The van der Waals surface area contributed by atoms with Gasteiger partial charge in [-0.1, -0.05) is 6.92 Å². The van der Waals surface area contributed by atoms with E-state index in [2.05, 4.69) is 28.1 Å². The third-order valence-electron chi connectivity index (χ3n) is 4.62. The van der Waals surface area contributed by atoms with Crippen LogP contribution in [0.2, 0.25) is 0 Å². The second kappa shape index (κ2) is 9.00. The van der Waals surface area contributed by atoms with Gasteiger partial charge in [-0.15, -0.1) is 0 Å². The van der Waals surface area contributed by atoms with E-state index in [0.29, 0.717) is 0 Å². The Kier molecular flexibility index (Phi) is 7.15. The molecule has 1 fully saturated rings. The molecule has 2 aromatic rings. The zero-order valence-electron chi connectivity index (χ0n) is 16.5. The van der Waals surface area contributed by atoms with E-state index in [9.17, 15) is 28.6 Å². The van der Waals surface area contributed by atoms with Crippen molar-refractivity contribution in [1.29, 1.82) is 0 Å². The fourth-order valence-corrected chi connectivity index (χ4v) is 6.17. The molecule has 3 heterocycles. The molecule has 0 bridgehead atoms. The van der Waals surface area contributed by atoms with Crippen LogP contribution in [0.1, 0.15) is 19.6 Å². The van der Waals surface area contributed by atoms with Crippen LogP contribution in [0.5, 0.6) is 0 Å². The highest BCUT2D eigenvalue weighted by Gasteiger charge is 2.56. The molecule has 0 spiro atoms. The molecule has 1 aliphatic heterocycles. The van der Waals surface area contributed by atoms with Gasteiger partial charge in [0.05, 0.1) is 12.9 Å². The van der Waals surface area contributed by atoms with Crippen LogP contribution in [0, 0.1) is 0 Å². The van der Waals surface area contributed by atoms with Gasteiger partial charge in [-0.2, -0.15) is 8.62 Å². The quantitative estimate of drug-likeness (QED) is 0.232. The number of phosphoric ester groups is 1. The summed E-state index contributed by atoms with van der Waals surface area (Å²) >= 11 is 0. The van der Waals surface area contributed by atoms with Crippen molar-refractivity contribution in [3.63, 3.8) is 0 Å². The molecule has 0 aliphatic carbocycles. The van der Waals surface area contributed by atoms with Crippen molar-refractivity contribution in [2.75, 3.05) is 12.3 Å². The Morgan fingerprint density at radius 3 is 2.45 bits per heavy atom. The minimum Gasteiger partial charge on any atom is -0.387 e. The van der Waals surface area contributed by atoms with Crippen molar-refractivity contribution in [3.05, 3.63) is 12.7 Å². The molecule has 6 atom stereocenters. The molecular formula is C12H19FN5O12P3. The van der Waals surface area contributed by atoms with E-state index in [4.69, 9.17) is 20.3 Å². The standard InChI is InChI=1S/C12H19FN5O12P3/c1-2-12(3-27-32(23,24)30-33(25,26)29-31(20,21)22)8(19)6(13)11(28-12)18-5-17-7-9(14)15-4-16-10(7)18/h4-6,8,11,19H,2-3H2,1H3,(H,23,24)(H,25,26)(H2,14,15,16)(H2,20,21,22)/t6-,8+,11-,12-/m1/s1. The Hall–Kier alpha value is -1.39. The Balaban J connectivity index is 1.80. The first-order valence-electron chi connectivity index (χ1n) is 8.81. The number of anilines is 1. The van der Waals surface area contributed by atoms with E-state index < -0.39 is 54.2 Å². The number of halogens is 1.